The van der Waals surface area contributed by atoms with Crippen LogP contribution in [-0.2, 0) is 70.7 Å². The van der Waals surface area contributed by atoms with E-state index in [2.05, 4.69) is 39.8 Å². The number of aliphatic hydroxyl groups excluding tert-OH is 9. The minimum Gasteiger partial charge on any atom is -0.463 e. The van der Waals surface area contributed by atoms with Crippen molar-refractivity contribution in [3.05, 3.63) is 12.2 Å². The van der Waals surface area contributed by atoms with Crippen molar-refractivity contribution in [3.8, 4) is 0 Å². The molecular formula is C90H167O25P. The van der Waals surface area contributed by atoms with Crippen LogP contribution in [-0.4, -0.2) is 205 Å². The van der Waals surface area contributed by atoms with Crippen LogP contribution in [0.3, 0.4) is 0 Å². The van der Waals surface area contributed by atoms with Gasteiger partial charge in [-0.2, -0.15) is 0 Å². The number of hydrogen-bond donors (Lipinski definition) is 10. The minimum atomic E-state index is -5.80. The Hall–Kier alpha value is -2.79. The molecule has 2 heterocycles. The lowest BCUT2D eigenvalue weighted by Gasteiger charge is -2.50. The highest BCUT2D eigenvalue weighted by molar-refractivity contribution is 7.47. The second kappa shape index (κ2) is 69.6. The van der Waals surface area contributed by atoms with Gasteiger partial charge in [-0.15, -0.1) is 0 Å². The fraction of sp³-hybridized carbons (Fsp3) is 0.933. The number of carbonyl (C=O) groups is 4. The van der Waals surface area contributed by atoms with Crippen molar-refractivity contribution in [1.82, 2.24) is 0 Å². The van der Waals surface area contributed by atoms with Crippen LogP contribution in [0, 0.1) is 0 Å². The lowest BCUT2D eigenvalue weighted by Crippen LogP contribution is -2.70. The van der Waals surface area contributed by atoms with Gasteiger partial charge in [-0.05, 0) is 51.4 Å². The van der Waals surface area contributed by atoms with Crippen molar-refractivity contribution in [2.75, 3.05) is 26.4 Å². The summed E-state index contributed by atoms with van der Waals surface area (Å²) in [5.41, 5.74) is 0. The lowest BCUT2D eigenvalue weighted by molar-refractivity contribution is -0.360. The number of esters is 4. The second-order valence-electron chi connectivity index (χ2n) is 33.5. The van der Waals surface area contributed by atoms with Crippen molar-refractivity contribution in [1.29, 1.82) is 0 Å². The largest absolute Gasteiger partial charge is 0.472 e. The number of ether oxygens (including phenoxy) is 8. The van der Waals surface area contributed by atoms with Gasteiger partial charge in [0.05, 0.1) is 13.2 Å². The average molecular weight is 1680 g/mol. The topological polar surface area (TPSA) is 380 Å². The number of phosphoric acid groups is 1. The van der Waals surface area contributed by atoms with Crippen LogP contribution in [0.5, 0.6) is 0 Å². The third kappa shape index (κ3) is 49.5. The number of phosphoric ester groups is 1. The smallest absolute Gasteiger partial charge is 0.463 e. The van der Waals surface area contributed by atoms with Gasteiger partial charge in [-0.1, -0.05) is 342 Å². The van der Waals surface area contributed by atoms with E-state index >= 15 is 0 Å². The first-order chi connectivity index (χ1) is 56.2. The molecule has 116 heavy (non-hydrogen) atoms. The third-order valence-corrected chi connectivity index (χ3v) is 24.0. The maximum absolute atomic E-state index is 14.9. The fourth-order valence-corrected chi connectivity index (χ4v) is 16.5. The van der Waals surface area contributed by atoms with E-state index in [1.54, 1.807) is 0 Å². The Morgan fingerprint density at radius 2 is 0.647 bits per heavy atom. The molecule has 2 aliphatic heterocycles. The quantitative estimate of drug-likeness (QED) is 0.00889. The predicted octanol–water partition coefficient (Wildman–Crippen LogP) is 17.2. The zero-order valence-corrected chi connectivity index (χ0v) is 73.5. The zero-order valence-electron chi connectivity index (χ0n) is 72.6. The molecule has 0 aromatic carbocycles. The van der Waals surface area contributed by atoms with E-state index < -0.39 is 162 Å². The van der Waals surface area contributed by atoms with Gasteiger partial charge in [-0.3, -0.25) is 28.2 Å². The summed E-state index contributed by atoms with van der Waals surface area (Å²) in [6.07, 6.45) is 27.7. The molecule has 18 unspecified atom stereocenters. The van der Waals surface area contributed by atoms with E-state index in [9.17, 15) is 74.6 Å². The molecule has 0 radical (unpaired) electrons. The first-order valence-corrected chi connectivity index (χ1v) is 48.4. The molecule has 25 nitrogen and oxygen atoms in total. The Balaban J connectivity index is 1.92. The molecule has 26 heteroatoms. The highest BCUT2D eigenvalue weighted by Gasteiger charge is 2.60. The van der Waals surface area contributed by atoms with Crippen molar-refractivity contribution < 1.29 is 122 Å². The van der Waals surface area contributed by atoms with E-state index in [0.29, 0.717) is 32.1 Å². The first kappa shape index (κ1) is 107. The summed E-state index contributed by atoms with van der Waals surface area (Å²) in [5.74, 6) is -2.95. The Bertz CT molecular complexity index is 2460. The van der Waals surface area contributed by atoms with Crippen molar-refractivity contribution >= 4 is 31.7 Å². The van der Waals surface area contributed by atoms with Gasteiger partial charge >= 0.3 is 31.7 Å². The predicted molar refractivity (Wildman–Crippen MR) is 449 cm³/mol. The zero-order chi connectivity index (χ0) is 84.7. The summed E-state index contributed by atoms with van der Waals surface area (Å²) in [6.45, 7) is 5.60. The molecule has 682 valence electrons. The number of rotatable bonds is 76. The van der Waals surface area contributed by atoms with Gasteiger partial charge in [0, 0.05) is 25.7 Å². The van der Waals surface area contributed by atoms with Gasteiger partial charge in [0.2, 0.25) is 0 Å². The second-order valence-corrected chi connectivity index (χ2v) is 34.9. The Morgan fingerprint density at radius 1 is 0.336 bits per heavy atom. The molecule has 0 aromatic rings. The van der Waals surface area contributed by atoms with Crippen LogP contribution in [0.25, 0.3) is 0 Å². The van der Waals surface area contributed by atoms with Crippen LogP contribution in [0.15, 0.2) is 12.2 Å². The van der Waals surface area contributed by atoms with Crippen LogP contribution in [0.2, 0.25) is 0 Å². The maximum Gasteiger partial charge on any atom is 0.472 e. The number of unbranched alkanes of at least 4 members (excludes halogenated alkanes) is 50. The van der Waals surface area contributed by atoms with Gasteiger partial charge in [0.15, 0.2) is 24.8 Å². The molecule has 3 aliphatic rings. The summed E-state index contributed by atoms with van der Waals surface area (Å²) >= 11 is 0. The van der Waals surface area contributed by atoms with E-state index in [4.69, 9.17) is 46.9 Å². The molecule has 3 rings (SSSR count). The molecular weight excluding hydrogens is 1510 g/mol. The molecule has 0 bridgehead atoms. The van der Waals surface area contributed by atoms with Crippen molar-refractivity contribution in [2.24, 2.45) is 0 Å². The van der Waals surface area contributed by atoms with E-state index in [1.807, 2.05) is 0 Å². The standard InChI is InChI=1S/C90H167O25P/c1-5-9-13-17-21-25-29-33-35-37-41-45-49-53-57-61-65-76(95)112-85-81(100)82(101)86(113-89-83(102)79(98)77(96)71(66-91)110-89)88(87(85)114-90-84(103)80(99)78(97)72(111-90)69-107-74(93)63-59-55-51-47-43-40-36-34-30-26-22-18-14-10-6-2)115-116(104,105)108-68-70(109-75(94)64-60-56-52-48-44-39-32-28-24-20-16-12-8-4)67-106-73(92)62-58-54-50-46-42-38-31-27-23-19-15-11-7-3/h26,30,70-72,77-91,96-103H,5-25,27-29,31-69H2,1-4H3,(H,104,105)/b30-26-. The molecule has 1 aliphatic carbocycles. The first-order valence-electron chi connectivity index (χ1n) is 46.9. The van der Waals surface area contributed by atoms with E-state index in [1.165, 1.54) is 173 Å². The normalized spacial score (nSPS) is 25.2. The highest BCUT2D eigenvalue weighted by Crippen LogP contribution is 2.49. The number of carbonyl (C=O) groups excluding carboxylic acids is 4. The lowest BCUT2D eigenvalue weighted by atomic mass is 9.84. The van der Waals surface area contributed by atoms with Crippen LogP contribution in [0.1, 0.15) is 407 Å². The molecule has 0 aromatic heterocycles. The van der Waals surface area contributed by atoms with E-state index in [-0.39, 0.29) is 25.7 Å². The molecule has 1 saturated carbocycles. The molecule has 18 atom stereocenters. The summed E-state index contributed by atoms with van der Waals surface area (Å²) < 4.78 is 73.4. The summed E-state index contributed by atoms with van der Waals surface area (Å²) in [5, 5.41) is 102. The molecule has 3 fully saturated rings. The summed E-state index contributed by atoms with van der Waals surface area (Å²) in [6, 6.07) is 0. The van der Waals surface area contributed by atoms with Crippen LogP contribution < -0.4 is 0 Å². The Morgan fingerprint density at radius 3 is 1.03 bits per heavy atom. The molecule has 0 amide bonds. The van der Waals surface area contributed by atoms with Gasteiger partial charge in [0.25, 0.3) is 0 Å². The Labute approximate surface area is 699 Å². The summed E-state index contributed by atoms with van der Waals surface area (Å²) in [7, 11) is -5.80. The third-order valence-electron chi connectivity index (χ3n) is 23.0. The Kier molecular flexibility index (Phi) is 64.4. The monoisotopic (exact) mass is 1680 g/mol. The average Bonchev–Trinajstić information content (AvgIpc) is 0.754. The molecule has 2 saturated heterocycles. The molecule has 0 spiro atoms. The van der Waals surface area contributed by atoms with Gasteiger partial charge < -0.3 is 88.7 Å². The highest BCUT2D eigenvalue weighted by atomic mass is 31.2. The summed E-state index contributed by atoms with van der Waals surface area (Å²) in [4.78, 5) is 66.4. The number of allylic oxidation sites excluding steroid dienone is 2. The number of hydrogen-bond acceptors (Lipinski definition) is 24. The number of aliphatic hydroxyl groups is 9. The maximum atomic E-state index is 14.9. The van der Waals surface area contributed by atoms with Crippen molar-refractivity contribution in [2.45, 2.75) is 511 Å². The van der Waals surface area contributed by atoms with Crippen LogP contribution >= 0.6 is 7.82 Å². The molecule has 10 N–H and O–H groups in total. The fourth-order valence-electron chi connectivity index (χ4n) is 15.5. The van der Waals surface area contributed by atoms with Crippen molar-refractivity contribution in [3.63, 3.8) is 0 Å². The van der Waals surface area contributed by atoms with E-state index in [0.717, 1.165) is 148 Å². The van der Waals surface area contributed by atoms with Gasteiger partial charge in [0.1, 0.15) is 92.6 Å². The van der Waals surface area contributed by atoms with Crippen LogP contribution in [0.4, 0.5) is 0 Å². The minimum absolute atomic E-state index is 0.0112. The van der Waals surface area contributed by atoms with Gasteiger partial charge in [-0.25, -0.2) is 4.57 Å². The SMILES string of the molecule is CCCCCC/C=C\CCCCCCCCCC(=O)OCC1OC(OC2C(OC(=O)CCCCCCCCCCCCCCCCCC)C(O)C(O)C(OC3OC(CO)C(O)C(O)C3O)C2OP(=O)(O)OCC(COC(=O)CCCCCCCCCCCCCCC)OC(=O)CCCCCCCCCCCCCCC)C(O)C(O)C1O.